The van der Waals surface area contributed by atoms with E-state index in [1.165, 1.54) is 4.90 Å². The fourth-order valence-corrected chi connectivity index (χ4v) is 2.99. The van der Waals surface area contributed by atoms with Crippen LogP contribution in [0, 0.1) is 11.8 Å². The van der Waals surface area contributed by atoms with Crippen molar-refractivity contribution in [1.82, 2.24) is 9.62 Å². The van der Waals surface area contributed by atoms with E-state index in [-0.39, 0.29) is 24.2 Å². The quantitative estimate of drug-likeness (QED) is 0.682. The Morgan fingerprint density at radius 1 is 1.35 bits per heavy atom. The van der Waals surface area contributed by atoms with Gasteiger partial charge in [0, 0.05) is 19.0 Å². The van der Waals surface area contributed by atoms with E-state index in [2.05, 4.69) is 4.72 Å². The van der Waals surface area contributed by atoms with Crippen molar-refractivity contribution in [2.75, 3.05) is 19.3 Å². The maximum Gasteiger partial charge on any atom is 0.303 e. The molecule has 1 heterocycles. The van der Waals surface area contributed by atoms with E-state index in [0.717, 1.165) is 6.26 Å². The summed E-state index contributed by atoms with van der Waals surface area (Å²) in [6.07, 6.45) is 1.49. The van der Waals surface area contributed by atoms with Crippen molar-refractivity contribution in [3.8, 4) is 0 Å². The van der Waals surface area contributed by atoms with E-state index >= 15 is 0 Å². The number of rotatable bonds is 7. The lowest BCUT2D eigenvalue weighted by Gasteiger charge is -2.40. The summed E-state index contributed by atoms with van der Waals surface area (Å²) in [5, 5.41) is 8.66. The van der Waals surface area contributed by atoms with Crippen molar-refractivity contribution < 1.29 is 23.1 Å². The van der Waals surface area contributed by atoms with E-state index < -0.39 is 22.0 Å². The molecule has 0 aromatic heterocycles. The molecule has 0 radical (unpaired) electrons. The Hall–Kier alpha value is -1.15. The molecule has 1 aliphatic heterocycles. The molecular formula is C12H22N2O5S. The Morgan fingerprint density at radius 3 is 2.30 bits per heavy atom. The Kier molecular flexibility index (Phi) is 5.52. The van der Waals surface area contributed by atoms with E-state index in [9.17, 15) is 18.0 Å². The highest BCUT2D eigenvalue weighted by molar-refractivity contribution is 7.88. The number of amides is 1. The highest BCUT2D eigenvalue weighted by atomic mass is 32.2. The molecule has 0 saturated carbocycles. The molecule has 1 fully saturated rings. The Balaban J connectivity index is 2.59. The second kappa shape index (κ2) is 6.53. The molecule has 116 valence electrons. The van der Waals surface area contributed by atoms with Gasteiger partial charge in [0.05, 0.1) is 12.7 Å². The van der Waals surface area contributed by atoms with Gasteiger partial charge in [-0.3, -0.25) is 9.59 Å². The Bertz CT molecular complexity index is 468. The lowest BCUT2D eigenvalue weighted by atomic mass is 9.94. The standard InChI is InChI=1S/C12H22N2O5S/c1-8(2)4-10(13-20(3,18)19)12(17)14-6-9(7-14)5-11(15)16/h8-10,13H,4-7H2,1-3H3,(H,15,16). The molecule has 1 unspecified atom stereocenters. The minimum Gasteiger partial charge on any atom is -0.481 e. The van der Waals surface area contributed by atoms with Gasteiger partial charge in [0.15, 0.2) is 0 Å². The molecule has 8 heteroatoms. The largest absolute Gasteiger partial charge is 0.481 e. The zero-order valence-corrected chi connectivity index (χ0v) is 12.8. The number of carbonyl (C=O) groups excluding carboxylic acids is 1. The third kappa shape index (κ3) is 5.46. The SMILES string of the molecule is CC(C)CC(NS(C)(=O)=O)C(=O)N1CC(CC(=O)O)C1. The van der Waals surface area contributed by atoms with Crippen molar-refractivity contribution in [3.05, 3.63) is 0 Å². The molecule has 20 heavy (non-hydrogen) atoms. The highest BCUT2D eigenvalue weighted by Gasteiger charge is 2.36. The van der Waals surface area contributed by atoms with Crippen LogP contribution >= 0.6 is 0 Å². The molecule has 0 spiro atoms. The summed E-state index contributed by atoms with van der Waals surface area (Å²) < 4.78 is 25.0. The number of likely N-dealkylation sites (tertiary alicyclic amines) is 1. The van der Waals surface area contributed by atoms with Crippen LogP contribution in [0.4, 0.5) is 0 Å². The average Bonchev–Trinajstić information content (AvgIpc) is 2.17. The third-order valence-corrected chi connectivity index (χ3v) is 3.81. The van der Waals surface area contributed by atoms with Crippen LogP contribution < -0.4 is 4.72 Å². The molecule has 1 rings (SSSR count). The minimum atomic E-state index is -3.46. The van der Waals surface area contributed by atoms with Gasteiger partial charge in [0.2, 0.25) is 15.9 Å². The smallest absolute Gasteiger partial charge is 0.303 e. The summed E-state index contributed by atoms with van der Waals surface area (Å²) in [6.45, 7) is 4.58. The summed E-state index contributed by atoms with van der Waals surface area (Å²) in [4.78, 5) is 24.3. The van der Waals surface area contributed by atoms with E-state index in [1.807, 2.05) is 13.8 Å². The lowest BCUT2D eigenvalue weighted by molar-refractivity contribution is -0.146. The van der Waals surface area contributed by atoms with Gasteiger partial charge in [-0.15, -0.1) is 0 Å². The summed E-state index contributed by atoms with van der Waals surface area (Å²) in [5.41, 5.74) is 0. The molecule has 1 amide bonds. The molecule has 1 atom stereocenters. The second-order valence-corrected chi connectivity index (χ2v) is 7.56. The molecule has 7 nitrogen and oxygen atoms in total. The molecule has 2 N–H and O–H groups in total. The normalized spacial score (nSPS) is 17.9. The summed E-state index contributed by atoms with van der Waals surface area (Å²) in [7, 11) is -3.46. The van der Waals surface area contributed by atoms with Crippen LogP contribution in [0.3, 0.4) is 0 Å². The number of carboxylic acids is 1. The maximum atomic E-state index is 12.2. The van der Waals surface area contributed by atoms with Crippen LogP contribution in [0.15, 0.2) is 0 Å². The minimum absolute atomic E-state index is 0.0330. The van der Waals surface area contributed by atoms with Crippen LogP contribution in [0.2, 0.25) is 0 Å². The monoisotopic (exact) mass is 306 g/mol. The summed E-state index contributed by atoms with van der Waals surface area (Å²) in [5.74, 6) is -1.01. The Labute approximate surface area is 119 Å². The number of aliphatic carboxylic acids is 1. The molecule has 0 aromatic rings. The number of sulfonamides is 1. The fraction of sp³-hybridized carbons (Fsp3) is 0.833. The van der Waals surface area contributed by atoms with Gasteiger partial charge in [-0.05, 0) is 12.3 Å². The van der Waals surface area contributed by atoms with Crippen LogP contribution in [0.25, 0.3) is 0 Å². The second-order valence-electron chi connectivity index (χ2n) is 5.78. The molecule has 0 bridgehead atoms. The van der Waals surface area contributed by atoms with Gasteiger partial charge < -0.3 is 10.0 Å². The number of hydrogen-bond acceptors (Lipinski definition) is 4. The number of nitrogens with one attached hydrogen (secondary N) is 1. The molecule has 1 saturated heterocycles. The zero-order chi connectivity index (χ0) is 15.5. The van der Waals surface area contributed by atoms with Gasteiger partial charge in [-0.25, -0.2) is 13.1 Å². The van der Waals surface area contributed by atoms with Gasteiger partial charge >= 0.3 is 5.97 Å². The van der Waals surface area contributed by atoms with Gasteiger partial charge in [-0.1, -0.05) is 13.8 Å². The number of carbonyl (C=O) groups is 2. The van der Waals surface area contributed by atoms with Gasteiger partial charge in [0.25, 0.3) is 0 Å². The molecular weight excluding hydrogens is 284 g/mol. The molecule has 0 aliphatic carbocycles. The van der Waals surface area contributed by atoms with Crippen molar-refractivity contribution in [3.63, 3.8) is 0 Å². The number of carboxylic acid groups (broad SMARTS) is 1. The number of hydrogen-bond donors (Lipinski definition) is 2. The van der Waals surface area contributed by atoms with Gasteiger partial charge in [-0.2, -0.15) is 0 Å². The van der Waals surface area contributed by atoms with E-state index in [4.69, 9.17) is 5.11 Å². The molecule has 0 aromatic carbocycles. The van der Waals surface area contributed by atoms with Gasteiger partial charge in [0.1, 0.15) is 6.04 Å². The predicted octanol–water partition coefficient (Wildman–Crippen LogP) is -0.117. The first-order valence-corrected chi connectivity index (χ1v) is 8.45. The zero-order valence-electron chi connectivity index (χ0n) is 12.0. The first-order valence-electron chi connectivity index (χ1n) is 6.56. The molecule has 1 aliphatic rings. The van der Waals surface area contributed by atoms with Crippen molar-refractivity contribution in [2.45, 2.75) is 32.7 Å². The summed E-state index contributed by atoms with van der Waals surface area (Å²) >= 11 is 0. The van der Waals surface area contributed by atoms with Crippen molar-refractivity contribution in [1.29, 1.82) is 0 Å². The average molecular weight is 306 g/mol. The van der Waals surface area contributed by atoms with Crippen LogP contribution in [-0.2, 0) is 19.6 Å². The highest BCUT2D eigenvalue weighted by Crippen LogP contribution is 2.21. The van der Waals surface area contributed by atoms with Crippen LogP contribution in [0.1, 0.15) is 26.7 Å². The maximum absolute atomic E-state index is 12.2. The third-order valence-electron chi connectivity index (χ3n) is 3.09. The van der Waals surface area contributed by atoms with E-state index in [1.54, 1.807) is 0 Å². The summed E-state index contributed by atoms with van der Waals surface area (Å²) in [6, 6.07) is -0.768. The van der Waals surface area contributed by atoms with Crippen LogP contribution in [0.5, 0.6) is 0 Å². The first kappa shape index (κ1) is 16.9. The van der Waals surface area contributed by atoms with Crippen LogP contribution in [-0.4, -0.2) is 55.7 Å². The van der Waals surface area contributed by atoms with E-state index in [0.29, 0.717) is 19.5 Å². The van der Waals surface area contributed by atoms with Crippen molar-refractivity contribution in [2.24, 2.45) is 11.8 Å². The van der Waals surface area contributed by atoms with Crippen molar-refractivity contribution >= 4 is 21.9 Å². The Morgan fingerprint density at radius 2 is 1.90 bits per heavy atom. The topological polar surface area (TPSA) is 104 Å². The predicted molar refractivity (Wildman–Crippen MR) is 73.5 cm³/mol. The first-order chi connectivity index (χ1) is 9.08. The number of nitrogens with zero attached hydrogens (tertiary/aromatic N) is 1. The lowest BCUT2D eigenvalue weighted by Crippen LogP contribution is -2.57. The fourth-order valence-electron chi connectivity index (χ4n) is 2.28.